The molecule has 2 aromatic rings. The summed E-state index contributed by atoms with van der Waals surface area (Å²) >= 11 is 6.17. The molecule has 1 aromatic carbocycles. The van der Waals surface area contributed by atoms with Crippen molar-refractivity contribution in [2.75, 3.05) is 6.26 Å². The quantitative estimate of drug-likeness (QED) is 0.841. The van der Waals surface area contributed by atoms with Crippen LogP contribution in [0, 0.1) is 0 Å². The summed E-state index contributed by atoms with van der Waals surface area (Å²) < 4.78 is 22.9. The van der Waals surface area contributed by atoms with Crippen molar-refractivity contribution in [1.29, 1.82) is 0 Å². The maximum absolute atomic E-state index is 11.5. The third kappa shape index (κ3) is 2.44. The van der Waals surface area contributed by atoms with Crippen LogP contribution in [0.1, 0.15) is 17.9 Å². The third-order valence-electron chi connectivity index (χ3n) is 2.95. The molecular formula is C11H13ClN2O3S. The van der Waals surface area contributed by atoms with Crippen molar-refractivity contribution in [2.45, 2.75) is 17.6 Å². The van der Waals surface area contributed by atoms with Gasteiger partial charge in [-0.1, -0.05) is 6.07 Å². The maximum Gasteiger partial charge on any atom is 0.323 e. The van der Waals surface area contributed by atoms with Crippen LogP contribution in [-0.2, 0) is 9.84 Å². The van der Waals surface area contributed by atoms with E-state index in [0.717, 1.165) is 6.26 Å². The zero-order valence-corrected chi connectivity index (χ0v) is 11.5. The monoisotopic (exact) mass is 288 g/mol. The minimum absolute atomic E-state index is 0.301. The number of nitrogens with one attached hydrogen (secondary N) is 2. The van der Waals surface area contributed by atoms with Gasteiger partial charge in [-0.15, -0.1) is 11.6 Å². The Balaban J connectivity index is 2.45. The van der Waals surface area contributed by atoms with Crippen LogP contribution < -0.4 is 5.69 Å². The molecule has 0 aliphatic carbocycles. The highest BCUT2D eigenvalue weighted by molar-refractivity contribution is 7.91. The Labute approximate surface area is 109 Å². The highest BCUT2D eigenvalue weighted by Crippen LogP contribution is 2.29. The smallest absolute Gasteiger partial charge is 0.306 e. The number of sulfone groups is 1. The van der Waals surface area contributed by atoms with E-state index in [2.05, 4.69) is 9.97 Å². The van der Waals surface area contributed by atoms with Crippen LogP contribution in [0.25, 0.3) is 11.0 Å². The van der Waals surface area contributed by atoms with E-state index >= 15 is 0 Å². The van der Waals surface area contributed by atoms with Crippen LogP contribution in [0.5, 0.6) is 0 Å². The molecule has 1 heterocycles. The Morgan fingerprint density at radius 1 is 1.22 bits per heavy atom. The summed E-state index contributed by atoms with van der Waals surface area (Å²) in [6, 6.07) is 5.10. The molecule has 2 rings (SSSR count). The van der Waals surface area contributed by atoms with Crippen LogP contribution in [0.15, 0.2) is 23.0 Å². The lowest BCUT2D eigenvalue weighted by atomic mass is 10.1. The normalized spacial score (nSPS) is 15.7. The first-order valence-electron chi connectivity index (χ1n) is 5.34. The number of hydrogen-bond acceptors (Lipinski definition) is 3. The summed E-state index contributed by atoms with van der Waals surface area (Å²) in [6.45, 7) is 1.57. The second-order valence-corrected chi connectivity index (χ2v) is 7.19. The minimum Gasteiger partial charge on any atom is -0.306 e. The van der Waals surface area contributed by atoms with Gasteiger partial charge in [-0.2, -0.15) is 0 Å². The third-order valence-corrected chi connectivity index (χ3v) is 5.35. The fourth-order valence-electron chi connectivity index (χ4n) is 1.71. The standard InChI is InChI=1S/C11H13ClN2O3S/c1-6(18(2,16)17)10(12)7-3-4-8-9(5-7)14-11(15)13-8/h3-6,10H,1-2H3,(H2,13,14,15). The van der Waals surface area contributed by atoms with Crippen molar-refractivity contribution in [3.8, 4) is 0 Å². The SMILES string of the molecule is CC(C(Cl)c1ccc2[nH]c(=O)[nH]c2c1)S(C)(=O)=O. The molecule has 0 aliphatic rings. The fourth-order valence-corrected chi connectivity index (χ4v) is 3.00. The molecule has 0 amide bonds. The average molecular weight is 289 g/mol. The average Bonchev–Trinajstić information content (AvgIpc) is 2.64. The Morgan fingerprint density at radius 2 is 1.83 bits per heavy atom. The summed E-state index contributed by atoms with van der Waals surface area (Å²) in [6.07, 6.45) is 1.16. The molecule has 0 saturated carbocycles. The van der Waals surface area contributed by atoms with E-state index < -0.39 is 20.5 Å². The molecule has 0 fully saturated rings. The molecule has 98 valence electrons. The number of alkyl halides is 1. The Morgan fingerprint density at radius 3 is 2.44 bits per heavy atom. The van der Waals surface area contributed by atoms with Crippen molar-refractivity contribution < 1.29 is 8.42 Å². The minimum atomic E-state index is -3.21. The number of hydrogen-bond donors (Lipinski definition) is 2. The van der Waals surface area contributed by atoms with Crippen LogP contribution >= 0.6 is 11.6 Å². The molecule has 0 bridgehead atoms. The first-order chi connectivity index (χ1) is 8.29. The molecular weight excluding hydrogens is 276 g/mol. The van der Waals surface area contributed by atoms with Gasteiger partial charge in [0.05, 0.1) is 21.7 Å². The molecule has 0 aliphatic heterocycles. The van der Waals surface area contributed by atoms with Gasteiger partial charge in [-0.3, -0.25) is 0 Å². The van der Waals surface area contributed by atoms with E-state index in [1.165, 1.54) is 0 Å². The number of H-pyrrole nitrogens is 2. The van der Waals surface area contributed by atoms with Crippen molar-refractivity contribution in [3.63, 3.8) is 0 Å². The van der Waals surface area contributed by atoms with E-state index in [0.29, 0.717) is 16.6 Å². The number of halogens is 1. The van der Waals surface area contributed by atoms with Crippen LogP contribution in [0.4, 0.5) is 0 Å². The van der Waals surface area contributed by atoms with E-state index in [-0.39, 0.29) is 5.69 Å². The van der Waals surface area contributed by atoms with Crippen molar-refractivity contribution in [2.24, 2.45) is 0 Å². The van der Waals surface area contributed by atoms with Gasteiger partial charge in [-0.25, -0.2) is 13.2 Å². The summed E-state index contributed by atoms with van der Waals surface area (Å²) in [7, 11) is -3.21. The van der Waals surface area contributed by atoms with Crippen molar-refractivity contribution >= 4 is 32.5 Å². The molecule has 0 spiro atoms. The molecule has 2 unspecified atom stereocenters. The van der Waals surface area contributed by atoms with E-state index in [4.69, 9.17) is 11.6 Å². The molecule has 5 nitrogen and oxygen atoms in total. The molecule has 18 heavy (non-hydrogen) atoms. The summed E-state index contributed by atoms with van der Waals surface area (Å²) in [5.41, 5.74) is 1.64. The summed E-state index contributed by atoms with van der Waals surface area (Å²) in [5.74, 6) is 0. The van der Waals surface area contributed by atoms with E-state index in [1.807, 2.05) is 0 Å². The number of fused-ring (bicyclic) bond motifs is 1. The molecule has 1 aromatic heterocycles. The van der Waals surface area contributed by atoms with E-state index in [1.54, 1.807) is 25.1 Å². The van der Waals surface area contributed by atoms with Crippen LogP contribution in [-0.4, -0.2) is 29.9 Å². The molecule has 0 radical (unpaired) electrons. The van der Waals surface area contributed by atoms with Crippen molar-refractivity contribution in [3.05, 3.63) is 34.2 Å². The molecule has 2 N–H and O–H groups in total. The molecule has 2 atom stereocenters. The zero-order valence-electron chi connectivity index (χ0n) is 9.90. The van der Waals surface area contributed by atoms with Gasteiger partial charge in [0.2, 0.25) is 0 Å². The highest BCUT2D eigenvalue weighted by atomic mass is 35.5. The Bertz CT molecular complexity index is 732. The number of aromatic amines is 2. The summed E-state index contributed by atoms with van der Waals surface area (Å²) in [5, 5.41) is -1.34. The van der Waals surface area contributed by atoms with Gasteiger partial charge in [0.1, 0.15) is 0 Å². The lowest BCUT2D eigenvalue weighted by Crippen LogP contribution is -2.21. The van der Waals surface area contributed by atoms with Gasteiger partial charge in [-0.05, 0) is 24.6 Å². The predicted octanol–water partition coefficient (Wildman–Crippen LogP) is 1.57. The topological polar surface area (TPSA) is 82.8 Å². The lowest BCUT2D eigenvalue weighted by molar-refractivity contribution is 0.587. The number of benzene rings is 1. The Kier molecular flexibility index (Phi) is 3.25. The number of rotatable bonds is 3. The highest BCUT2D eigenvalue weighted by Gasteiger charge is 2.25. The van der Waals surface area contributed by atoms with Gasteiger partial charge in [0, 0.05) is 6.26 Å². The first kappa shape index (κ1) is 13.2. The first-order valence-corrected chi connectivity index (χ1v) is 7.73. The fraction of sp³-hybridized carbons (Fsp3) is 0.364. The van der Waals surface area contributed by atoms with Gasteiger partial charge in [0.25, 0.3) is 0 Å². The Hall–Kier alpha value is -1.27. The summed E-state index contributed by atoms with van der Waals surface area (Å²) in [4.78, 5) is 16.3. The maximum atomic E-state index is 11.5. The largest absolute Gasteiger partial charge is 0.323 e. The van der Waals surface area contributed by atoms with Gasteiger partial charge in [0.15, 0.2) is 9.84 Å². The second-order valence-electron chi connectivity index (χ2n) is 4.32. The zero-order chi connectivity index (χ0) is 13.5. The second kappa shape index (κ2) is 4.44. The van der Waals surface area contributed by atoms with Crippen LogP contribution in [0.2, 0.25) is 0 Å². The predicted molar refractivity (Wildman–Crippen MR) is 71.8 cm³/mol. The number of imidazole rings is 1. The van der Waals surface area contributed by atoms with Crippen LogP contribution in [0.3, 0.4) is 0 Å². The van der Waals surface area contributed by atoms with E-state index in [9.17, 15) is 13.2 Å². The lowest BCUT2D eigenvalue weighted by Gasteiger charge is -2.16. The molecule has 7 heteroatoms. The molecule has 0 saturated heterocycles. The van der Waals surface area contributed by atoms with Gasteiger partial charge < -0.3 is 9.97 Å². The van der Waals surface area contributed by atoms with Crippen molar-refractivity contribution in [1.82, 2.24) is 9.97 Å². The van der Waals surface area contributed by atoms with Gasteiger partial charge >= 0.3 is 5.69 Å². The number of aromatic nitrogens is 2.